The maximum atomic E-state index is 13.4. The average Bonchev–Trinajstić information content (AvgIpc) is 2.84. The zero-order valence-electron chi connectivity index (χ0n) is 18.5. The zero-order valence-corrected chi connectivity index (χ0v) is 20.2. The monoisotopic (exact) mass is 499 g/mol. The standard InChI is InChI=1S/C24H26FN5O2S2/c25-21-5-1-3-19(15-21)18-29-11-13-30(14-12-29)34(31,32)23-8-6-22(7-9-23)28-24(33)27-17-20-4-2-10-26-16-20/h1-10,15-16H,11-14,17-18H2,(H2,27,28,33). The molecule has 1 aromatic heterocycles. The van der Waals surface area contributed by atoms with Gasteiger partial charge in [-0.05, 0) is 65.8 Å². The summed E-state index contributed by atoms with van der Waals surface area (Å²) in [6.45, 7) is 3.09. The van der Waals surface area contributed by atoms with Gasteiger partial charge >= 0.3 is 0 Å². The minimum atomic E-state index is -3.59. The van der Waals surface area contributed by atoms with Crippen molar-refractivity contribution in [3.8, 4) is 0 Å². The van der Waals surface area contributed by atoms with Gasteiger partial charge in [0.25, 0.3) is 0 Å². The molecule has 10 heteroatoms. The number of pyridine rings is 1. The summed E-state index contributed by atoms with van der Waals surface area (Å²) in [4.78, 5) is 6.44. The summed E-state index contributed by atoms with van der Waals surface area (Å²) in [6, 6.07) is 16.9. The van der Waals surface area contributed by atoms with Crippen LogP contribution in [0.15, 0.2) is 78.0 Å². The van der Waals surface area contributed by atoms with Gasteiger partial charge in [-0.2, -0.15) is 4.31 Å². The van der Waals surface area contributed by atoms with E-state index in [2.05, 4.69) is 20.5 Å². The maximum Gasteiger partial charge on any atom is 0.243 e. The van der Waals surface area contributed by atoms with Crippen molar-refractivity contribution >= 4 is 33.0 Å². The highest BCUT2D eigenvalue weighted by atomic mass is 32.2. The Bertz CT molecular complexity index is 1220. The van der Waals surface area contributed by atoms with E-state index in [0.29, 0.717) is 50.1 Å². The Balaban J connectivity index is 1.29. The summed E-state index contributed by atoms with van der Waals surface area (Å²) in [6.07, 6.45) is 3.47. The smallest absolute Gasteiger partial charge is 0.243 e. The Morgan fingerprint density at radius 1 is 1.00 bits per heavy atom. The molecule has 4 rings (SSSR count). The second-order valence-electron chi connectivity index (χ2n) is 8.00. The number of halogens is 1. The second kappa shape index (κ2) is 11.0. The van der Waals surface area contributed by atoms with Gasteiger partial charge in [0.2, 0.25) is 10.0 Å². The Kier molecular flexibility index (Phi) is 7.84. The van der Waals surface area contributed by atoms with Gasteiger partial charge in [-0.1, -0.05) is 18.2 Å². The topological polar surface area (TPSA) is 77.6 Å². The molecule has 0 saturated carbocycles. The minimum absolute atomic E-state index is 0.242. The van der Waals surface area contributed by atoms with E-state index in [0.717, 1.165) is 11.1 Å². The molecule has 0 spiro atoms. The molecule has 0 atom stereocenters. The van der Waals surface area contributed by atoms with Crippen molar-refractivity contribution in [3.63, 3.8) is 0 Å². The molecule has 0 aliphatic carbocycles. The van der Waals surface area contributed by atoms with Crippen LogP contribution >= 0.6 is 12.2 Å². The van der Waals surface area contributed by atoms with E-state index in [1.807, 2.05) is 18.2 Å². The summed E-state index contributed by atoms with van der Waals surface area (Å²) in [5.41, 5.74) is 2.58. The third-order valence-electron chi connectivity index (χ3n) is 5.55. The largest absolute Gasteiger partial charge is 0.358 e. The lowest BCUT2D eigenvalue weighted by Gasteiger charge is -2.34. The van der Waals surface area contributed by atoms with Crippen LogP contribution in [0.2, 0.25) is 0 Å². The Hall–Kier alpha value is -2.92. The molecule has 1 aliphatic heterocycles. The number of hydrogen-bond donors (Lipinski definition) is 2. The molecule has 1 fully saturated rings. The molecule has 2 heterocycles. The van der Waals surface area contributed by atoms with Crippen LogP contribution in [-0.2, 0) is 23.1 Å². The summed E-state index contributed by atoms with van der Waals surface area (Å²) in [5, 5.41) is 6.60. The van der Waals surface area contributed by atoms with Gasteiger partial charge in [0.05, 0.1) is 4.90 Å². The number of nitrogens with zero attached hydrogens (tertiary/aromatic N) is 3. The first-order valence-electron chi connectivity index (χ1n) is 10.9. The molecule has 0 bridgehead atoms. The number of benzene rings is 2. The fraction of sp³-hybridized carbons (Fsp3) is 0.250. The van der Waals surface area contributed by atoms with Gasteiger partial charge in [-0.3, -0.25) is 9.88 Å². The summed E-state index contributed by atoms with van der Waals surface area (Å²) < 4.78 is 41.1. The third-order valence-corrected chi connectivity index (χ3v) is 7.71. The zero-order chi connectivity index (χ0) is 24.0. The van der Waals surface area contributed by atoms with Crippen molar-refractivity contribution in [2.45, 2.75) is 18.0 Å². The molecule has 7 nitrogen and oxygen atoms in total. The van der Waals surface area contributed by atoms with Gasteiger partial charge in [0.1, 0.15) is 5.82 Å². The van der Waals surface area contributed by atoms with Crippen molar-refractivity contribution < 1.29 is 12.8 Å². The van der Waals surface area contributed by atoms with Crippen molar-refractivity contribution in [1.82, 2.24) is 19.5 Å². The predicted octanol–water partition coefficient (Wildman–Crippen LogP) is 3.21. The van der Waals surface area contributed by atoms with Crippen molar-refractivity contribution in [2.24, 2.45) is 0 Å². The van der Waals surface area contributed by atoms with Crippen LogP contribution in [0.25, 0.3) is 0 Å². The molecule has 2 N–H and O–H groups in total. The van der Waals surface area contributed by atoms with E-state index in [4.69, 9.17) is 12.2 Å². The summed E-state index contributed by atoms with van der Waals surface area (Å²) in [5.74, 6) is -0.262. The van der Waals surface area contributed by atoms with Gasteiger partial charge in [-0.25, -0.2) is 12.8 Å². The van der Waals surface area contributed by atoms with Crippen molar-refractivity contribution in [2.75, 3.05) is 31.5 Å². The predicted molar refractivity (Wildman–Crippen MR) is 134 cm³/mol. The first-order chi connectivity index (χ1) is 16.4. The Morgan fingerprint density at radius 3 is 2.41 bits per heavy atom. The van der Waals surface area contributed by atoms with Gasteiger partial charge in [0.15, 0.2) is 5.11 Å². The number of thiocarbonyl (C=S) groups is 1. The fourth-order valence-electron chi connectivity index (χ4n) is 3.74. The SMILES string of the molecule is O=S(=O)(c1ccc(NC(=S)NCc2cccnc2)cc1)N1CCN(Cc2cccc(F)c2)CC1. The van der Waals surface area contributed by atoms with E-state index in [-0.39, 0.29) is 10.7 Å². The van der Waals surface area contributed by atoms with Crippen LogP contribution in [-0.4, -0.2) is 53.9 Å². The van der Waals surface area contributed by atoms with E-state index < -0.39 is 10.0 Å². The van der Waals surface area contributed by atoms with Crippen LogP contribution in [0.3, 0.4) is 0 Å². The number of rotatable bonds is 7. The molecule has 1 saturated heterocycles. The highest BCUT2D eigenvalue weighted by Crippen LogP contribution is 2.20. The molecule has 0 unspecified atom stereocenters. The molecule has 178 valence electrons. The van der Waals surface area contributed by atoms with Gasteiger partial charge in [-0.15, -0.1) is 0 Å². The van der Waals surface area contributed by atoms with Crippen LogP contribution < -0.4 is 10.6 Å². The fourth-order valence-corrected chi connectivity index (χ4v) is 5.35. The van der Waals surface area contributed by atoms with Crippen LogP contribution in [0.1, 0.15) is 11.1 Å². The lowest BCUT2D eigenvalue weighted by Crippen LogP contribution is -2.48. The first kappa shape index (κ1) is 24.2. The third kappa shape index (κ3) is 6.35. The van der Waals surface area contributed by atoms with Gasteiger partial charge in [0, 0.05) is 57.3 Å². The van der Waals surface area contributed by atoms with Crippen LogP contribution in [0.5, 0.6) is 0 Å². The molecular formula is C24H26FN5O2S2. The summed E-state index contributed by atoms with van der Waals surface area (Å²) >= 11 is 5.31. The normalized spacial score (nSPS) is 15.1. The van der Waals surface area contributed by atoms with E-state index in [9.17, 15) is 12.8 Å². The highest BCUT2D eigenvalue weighted by Gasteiger charge is 2.28. The van der Waals surface area contributed by atoms with E-state index in [1.165, 1.54) is 16.4 Å². The Morgan fingerprint density at radius 2 is 1.74 bits per heavy atom. The molecule has 0 radical (unpaired) electrons. The van der Waals surface area contributed by atoms with Crippen LogP contribution in [0, 0.1) is 5.82 Å². The van der Waals surface area contributed by atoms with Crippen molar-refractivity contribution in [3.05, 3.63) is 90.0 Å². The number of anilines is 1. The summed E-state index contributed by atoms with van der Waals surface area (Å²) in [7, 11) is -3.59. The quantitative estimate of drug-likeness (QED) is 0.484. The first-order valence-corrected chi connectivity index (χ1v) is 12.8. The molecule has 0 amide bonds. The Labute approximate surface area is 204 Å². The molecule has 1 aliphatic rings. The lowest BCUT2D eigenvalue weighted by atomic mass is 10.2. The van der Waals surface area contributed by atoms with E-state index in [1.54, 1.807) is 42.7 Å². The molecule has 2 aromatic carbocycles. The molecule has 3 aromatic rings. The highest BCUT2D eigenvalue weighted by molar-refractivity contribution is 7.89. The minimum Gasteiger partial charge on any atom is -0.358 e. The number of hydrogen-bond acceptors (Lipinski definition) is 5. The molecule has 34 heavy (non-hydrogen) atoms. The number of nitrogens with one attached hydrogen (secondary N) is 2. The molecular weight excluding hydrogens is 473 g/mol. The van der Waals surface area contributed by atoms with Crippen LogP contribution in [0.4, 0.5) is 10.1 Å². The van der Waals surface area contributed by atoms with E-state index >= 15 is 0 Å². The number of sulfonamides is 1. The lowest BCUT2D eigenvalue weighted by molar-refractivity contribution is 0.181. The van der Waals surface area contributed by atoms with Gasteiger partial charge < -0.3 is 10.6 Å². The number of piperazine rings is 1. The second-order valence-corrected chi connectivity index (χ2v) is 10.3. The number of aromatic nitrogens is 1. The maximum absolute atomic E-state index is 13.4. The average molecular weight is 500 g/mol. The van der Waals surface area contributed by atoms with Crippen molar-refractivity contribution in [1.29, 1.82) is 0 Å².